The second kappa shape index (κ2) is 7.57. The van der Waals surface area contributed by atoms with Crippen LogP contribution in [0.1, 0.15) is 23.5 Å². The van der Waals surface area contributed by atoms with Crippen molar-refractivity contribution in [3.05, 3.63) is 20.8 Å². The van der Waals surface area contributed by atoms with Crippen molar-refractivity contribution in [3.63, 3.8) is 0 Å². The highest BCUT2D eigenvalue weighted by molar-refractivity contribution is 9.11. The molecule has 1 aromatic rings. The van der Waals surface area contributed by atoms with E-state index in [1.54, 1.807) is 13.1 Å². The molecule has 1 aliphatic heterocycles. The molecule has 0 atom stereocenters. The van der Waals surface area contributed by atoms with Gasteiger partial charge in [0.1, 0.15) is 0 Å². The maximum Gasteiger partial charge on any atom is 0.264 e. The van der Waals surface area contributed by atoms with Crippen LogP contribution in [0.2, 0.25) is 0 Å². The molecule has 0 saturated carbocycles. The second-order valence-corrected chi connectivity index (χ2v) is 8.24. The van der Waals surface area contributed by atoms with E-state index in [0.717, 1.165) is 30.0 Å². The zero-order chi connectivity index (χ0) is 16.3. The van der Waals surface area contributed by atoms with E-state index in [1.807, 2.05) is 11.0 Å². The Morgan fingerprint density at radius 3 is 2.41 bits per heavy atom. The van der Waals surface area contributed by atoms with Crippen molar-refractivity contribution in [1.29, 1.82) is 0 Å². The first-order valence-corrected chi connectivity index (χ1v) is 9.02. The van der Waals surface area contributed by atoms with Gasteiger partial charge in [0, 0.05) is 39.3 Å². The van der Waals surface area contributed by atoms with Gasteiger partial charge >= 0.3 is 0 Å². The van der Waals surface area contributed by atoms with E-state index in [1.165, 1.54) is 16.2 Å². The maximum atomic E-state index is 12.3. The van der Waals surface area contributed by atoms with Crippen LogP contribution in [0, 0.1) is 0 Å². The molecule has 0 spiro atoms. The van der Waals surface area contributed by atoms with Crippen molar-refractivity contribution < 1.29 is 9.59 Å². The van der Waals surface area contributed by atoms with Gasteiger partial charge < -0.3 is 9.80 Å². The third kappa shape index (κ3) is 4.30. The molecule has 7 heteroatoms. The van der Waals surface area contributed by atoms with Crippen LogP contribution in [0.5, 0.6) is 0 Å². The number of hydrogen-bond donors (Lipinski definition) is 0. The molecule has 1 fully saturated rings. The van der Waals surface area contributed by atoms with Crippen LogP contribution in [0.4, 0.5) is 0 Å². The van der Waals surface area contributed by atoms with Gasteiger partial charge in [-0.15, -0.1) is 11.3 Å². The summed E-state index contributed by atoms with van der Waals surface area (Å²) in [5.41, 5.74) is 0. The van der Waals surface area contributed by atoms with Crippen molar-refractivity contribution in [1.82, 2.24) is 14.7 Å². The number of carbonyl (C=O) groups is 2. The first-order chi connectivity index (χ1) is 10.4. The summed E-state index contributed by atoms with van der Waals surface area (Å²) in [4.78, 5) is 30.9. The van der Waals surface area contributed by atoms with Crippen molar-refractivity contribution in [2.75, 3.05) is 39.8 Å². The number of amides is 2. The molecule has 0 unspecified atom stereocenters. The van der Waals surface area contributed by atoms with Crippen LogP contribution in [0.15, 0.2) is 15.9 Å². The molecule has 1 saturated heterocycles. The van der Waals surface area contributed by atoms with Crippen molar-refractivity contribution in [3.8, 4) is 0 Å². The minimum Gasteiger partial charge on any atom is -0.339 e. The molecule has 2 rings (SSSR count). The molecule has 122 valence electrons. The third-order valence-electron chi connectivity index (χ3n) is 3.90. The summed E-state index contributed by atoms with van der Waals surface area (Å²) in [7, 11) is 1.68. The zero-order valence-electron chi connectivity index (χ0n) is 13.2. The molecule has 22 heavy (non-hydrogen) atoms. The SMILES string of the molecule is CC(C)N1CCN(C(=O)CN(C)C(=O)c2ccc(Br)s2)CC1. The lowest BCUT2D eigenvalue weighted by Crippen LogP contribution is -2.52. The topological polar surface area (TPSA) is 43.9 Å². The molecule has 2 heterocycles. The monoisotopic (exact) mass is 387 g/mol. The quantitative estimate of drug-likeness (QED) is 0.794. The lowest BCUT2D eigenvalue weighted by Gasteiger charge is -2.37. The summed E-state index contributed by atoms with van der Waals surface area (Å²) in [5.74, 6) is -0.0836. The fraction of sp³-hybridized carbons (Fsp3) is 0.600. The fourth-order valence-electron chi connectivity index (χ4n) is 2.48. The number of rotatable bonds is 4. The smallest absolute Gasteiger partial charge is 0.264 e. The van der Waals surface area contributed by atoms with Crippen LogP contribution in [-0.2, 0) is 4.79 Å². The molecule has 0 aromatic carbocycles. The summed E-state index contributed by atoms with van der Waals surface area (Å²) < 4.78 is 0.917. The predicted molar refractivity (Wildman–Crippen MR) is 92.3 cm³/mol. The van der Waals surface area contributed by atoms with E-state index in [0.29, 0.717) is 10.9 Å². The van der Waals surface area contributed by atoms with Crippen LogP contribution in [0.25, 0.3) is 0 Å². The van der Waals surface area contributed by atoms with Gasteiger partial charge in [0.15, 0.2) is 0 Å². The van der Waals surface area contributed by atoms with Gasteiger partial charge in [0.25, 0.3) is 5.91 Å². The van der Waals surface area contributed by atoms with Gasteiger partial charge in [-0.25, -0.2) is 0 Å². The largest absolute Gasteiger partial charge is 0.339 e. The average Bonchev–Trinajstić information content (AvgIpc) is 2.92. The Morgan fingerprint density at radius 2 is 1.91 bits per heavy atom. The number of carbonyl (C=O) groups excluding carboxylic acids is 2. The Labute approximate surface area is 144 Å². The zero-order valence-corrected chi connectivity index (χ0v) is 15.6. The Morgan fingerprint density at radius 1 is 1.27 bits per heavy atom. The average molecular weight is 388 g/mol. The Kier molecular flexibility index (Phi) is 6.00. The Bertz CT molecular complexity index is 539. The van der Waals surface area contributed by atoms with Crippen LogP contribution in [-0.4, -0.2) is 72.3 Å². The molecule has 1 aliphatic rings. The summed E-state index contributed by atoms with van der Waals surface area (Å²) in [6, 6.07) is 4.14. The van der Waals surface area contributed by atoms with E-state index in [-0.39, 0.29) is 18.4 Å². The number of thiophene rings is 1. The van der Waals surface area contributed by atoms with Gasteiger partial charge in [0.2, 0.25) is 5.91 Å². The first kappa shape index (κ1) is 17.4. The number of piperazine rings is 1. The summed E-state index contributed by atoms with van der Waals surface area (Å²) >= 11 is 4.73. The normalized spacial score (nSPS) is 16.1. The molecule has 5 nitrogen and oxygen atoms in total. The second-order valence-electron chi connectivity index (χ2n) is 5.78. The molecular weight excluding hydrogens is 366 g/mol. The van der Waals surface area contributed by atoms with Crippen molar-refractivity contribution in [2.45, 2.75) is 19.9 Å². The molecule has 0 radical (unpaired) electrons. The lowest BCUT2D eigenvalue weighted by molar-refractivity contribution is -0.133. The lowest BCUT2D eigenvalue weighted by atomic mass is 10.2. The molecule has 0 aliphatic carbocycles. The summed E-state index contributed by atoms with van der Waals surface area (Å²) in [5, 5.41) is 0. The summed E-state index contributed by atoms with van der Waals surface area (Å²) in [6.45, 7) is 7.76. The highest BCUT2D eigenvalue weighted by Gasteiger charge is 2.24. The van der Waals surface area contributed by atoms with Gasteiger partial charge in [0.05, 0.1) is 15.2 Å². The van der Waals surface area contributed by atoms with Gasteiger partial charge in [-0.1, -0.05) is 0 Å². The molecular formula is C15H22BrN3O2S. The van der Waals surface area contributed by atoms with E-state index < -0.39 is 0 Å². The number of nitrogens with zero attached hydrogens (tertiary/aromatic N) is 3. The minimum atomic E-state index is -0.107. The van der Waals surface area contributed by atoms with Crippen LogP contribution >= 0.6 is 27.3 Å². The van der Waals surface area contributed by atoms with Crippen LogP contribution < -0.4 is 0 Å². The van der Waals surface area contributed by atoms with E-state index >= 15 is 0 Å². The molecule has 2 amide bonds. The maximum absolute atomic E-state index is 12.3. The van der Waals surface area contributed by atoms with Gasteiger partial charge in [-0.3, -0.25) is 14.5 Å². The Hall–Kier alpha value is -0.920. The number of likely N-dealkylation sites (N-methyl/N-ethyl adjacent to an activating group) is 1. The summed E-state index contributed by atoms with van der Waals surface area (Å²) in [6.07, 6.45) is 0. The first-order valence-electron chi connectivity index (χ1n) is 7.41. The molecule has 0 N–H and O–H groups in total. The Balaban J connectivity index is 1.85. The van der Waals surface area contributed by atoms with E-state index in [9.17, 15) is 9.59 Å². The predicted octanol–water partition coefficient (Wildman–Crippen LogP) is 2.14. The van der Waals surface area contributed by atoms with E-state index in [2.05, 4.69) is 34.7 Å². The van der Waals surface area contributed by atoms with E-state index in [4.69, 9.17) is 0 Å². The molecule has 0 bridgehead atoms. The standard InChI is InChI=1S/C15H22BrN3O2S/c1-11(2)18-6-8-19(9-7-18)14(20)10-17(3)15(21)12-4-5-13(16)22-12/h4-5,11H,6-10H2,1-3H3. The number of hydrogen-bond acceptors (Lipinski definition) is 4. The van der Waals surface area contributed by atoms with Gasteiger partial charge in [-0.05, 0) is 41.9 Å². The van der Waals surface area contributed by atoms with Gasteiger partial charge in [-0.2, -0.15) is 0 Å². The third-order valence-corrected chi connectivity index (χ3v) is 5.51. The fourth-order valence-corrected chi connectivity index (χ4v) is 3.86. The van der Waals surface area contributed by atoms with Crippen LogP contribution in [0.3, 0.4) is 0 Å². The highest BCUT2D eigenvalue weighted by Crippen LogP contribution is 2.23. The van der Waals surface area contributed by atoms with Crippen molar-refractivity contribution >= 4 is 39.1 Å². The molecule has 1 aromatic heterocycles. The number of halogens is 1. The minimum absolute atomic E-state index is 0.0230. The van der Waals surface area contributed by atoms with Crippen molar-refractivity contribution in [2.24, 2.45) is 0 Å². The highest BCUT2D eigenvalue weighted by atomic mass is 79.9.